The lowest BCUT2D eigenvalue weighted by molar-refractivity contribution is -0.136. The van der Waals surface area contributed by atoms with E-state index in [0.29, 0.717) is 17.7 Å². The smallest absolute Gasteiger partial charge is 0.307 e. The maximum Gasteiger partial charge on any atom is 0.307 e. The fourth-order valence-corrected chi connectivity index (χ4v) is 2.36. The van der Waals surface area contributed by atoms with Crippen molar-refractivity contribution < 1.29 is 23.9 Å². The summed E-state index contributed by atoms with van der Waals surface area (Å²) in [4.78, 5) is 35.1. The average molecular weight is 386 g/mol. The van der Waals surface area contributed by atoms with Gasteiger partial charge in [-0.2, -0.15) is 0 Å². The van der Waals surface area contributed by atoms with E-state index < -0.39 is 24.1 Å². The largest absolute Gasteiger partial charge is 0.481 e. The van der Waals surface area contributed by atoms with Gasteiger partial charge in [-0.25, -0.2) is 4.39 Å². The Kier molecular flexibility index (Phi) is 6.51. The van der Waals surface area contributed by atoms with Gasteiger partial charge in [0, 0.05) is 23.4 Å². The van der Waals surface area contributed by atoms with E-state index in [-0.39, 0.29) is 22.6 Å². The van der Waals surface area contributed by atoms with Crippen LogP contribution in [0.2, 0.25) is 0 Å². The maximum atomic E-state index is 13.9. The van der Waals surface area contributed by atoms with Gasteiger partial charge in [0.1, 0.15) is 5.82 Å². The van der Waals surface area contributed by atoms with Crippen LogP contribution in [-0.4, -0.2) is 29.4 Å². The third kappa shape index (κ3) is 6.19. The van der Waals surface area contributed by atoms with Gasteiger partial charge >= 0.3 is 5.97 Å². The first-order valence-electron chi connectivity index (χ1n) is 8.75. The third-order valence-corrected chi connectivity index (χ3v) is 3.84. The van der Waals surface area contributed by atoms with E-state index in [0.717, 1.165) is 6.07 Å². The monoisotopic (exact) mass is 386 g/mol. The Balaban J connectivity index is 2.02. The minimum Gasteiger partial charge on any atom is -0.481 e. The van der Waals surface area contributed by atoms with Crippen LogP contribution in [0.3, 0.4) is 0 Å². The molecule has 0 aliphatic heterocycles. The summed E-state index contributed by atoms with van der Waals surface area (Å²) in [6, 6.07) is 9.94. The summed E-state index contributed by atoms with van der Waals surface area (Å²) in [5.74, 6) is -2.53. The van der Waals surface area contributed by atoms with E-state index in [4.69, 9.17) is 5.11 Å². The minimum atomic E-state index is -1.14. The van der Waals surface area contributed by atoms with Crippen LogP contribution in [0.4, 0.5) is 10.1 Å². The normalized spacial score (nSPS) is 11.0. The molecule has 0 saturated carbocycles. The molecular weight excluding hydrogens is 363 g/mol. The first-order chi connectivity index (χ1) is 13.0. The highest BCUT2D eigenvalue weighted by molar-refractivity contribution is 6.05. The second kappa shape index (κ2) is 8.65. The molecule has 0 unspecified atom stereocenters. The maximum absolute atomic E-state index is 13.9. The van der Waals surface area contributed by atoms with Crippen molar-refractivity contribution in [2.75, 3.05) is 11.9 Å². The molecule has 2 rings (SSSR count). The SMILES string of the molecule is CC(C)(C)CNC(=O)c1ccc(C(=O)Nc2ccc(CC(=O)O)c(F)c2)cc1. The van der Waals surface area contributed by atoms with Gasteiger partial charge in [0.25, 0.3) is 11.8 Å². The van der Waals surface area contributed by atoms with Crippen molar-refractivity contribution in [3.8, 4) is 0 Å². The second-order valence-electron chi connectivity index (χ2n) is 7.65. The third-order valence-electron chi connectivity index (χ3n) is 3.84. The molecule has 7 heteroatoms. The quantitative estimate of drug-likeness (QED) is 0.708. The molecule has 0 aliphatic rings. The van der Waals surface area contributed by atoms with Gasteiger partial charge in [-0.15, -0.1) is 0 Å². The van der Waals surface area contributed by atoms with Crippen molar-refractivity contribution in [3.63, 3.8) is 0 Å². The molecule has 0 aromatic heterocycles. The summed E-state index contributed by atoms with van der Waals surface area (Å²) in [5.41, 5.74) is 0.956. The van der Waals surface area contributed by atoms with E-state index in [1.807, 2.05) is 20.8 Å². The molecule has 6 nitrogen and oxygen atoms in total. The summed E-state index contributed by atoms with van der Waals surface area (Å²) >= 11 is 0. The Labute approximate surface area is 162 Å². The standard InChI is InChI=1S/C21H23FN2O4/c1-21(2,3)12-23-19(27)13-4-6-14(7-5-13)20(28)24-16-9-8-15(10-18(25)26)17(22)11-16/h4-9,11H,10,12H2,1-3H3,(H,23,27)(H,24,28)(H,25,26). The number of aliphatic carboxylic acids is 1. The van der Waals surface area contributed by atoms with Crippen molar-refractivity contribution in [2.24, 2.45) is 5.41 Å². The molecule has 0 saturated heterocycles. The van der Waals surface area contributed by atoms with Crippen LogP contribution >= 0.6 is 0 Å². The molecule has 2 aromatic carbocycles. The van der Waals surface area contributed by atoms with E-state index in [1.54, 1.807) is 12.1 Å². The van der Waals surface area contributed by atoms with Gasteiger partial charge in [-0.3, -0.25) is 14.4 Å². The predicted octanol–water partition coefficient (Wildman–Crippen LogP) is 3.48. The van der Waals surface area contributed by atoms with Crippen LogP contribution in [0, 0.1) is 11.2 Å². The first-order valence-corrected chi connectivity index (χ1v) is 8.75. The summed E-state index contributed by atoms with van der Waals surface area (Å²) < 4.78 is 13.9. The van der Waals surface area contributed by atoms with Gasteiger partial charge in [0.2, 0.25) is 0 Å². The highest BCUT2D eigenvalue weighted by Crippen LogP contribution is 2.17. The molecule has 28 heavy (non-hydrogen) atoms. The molecule has 2 aromatic rings. The topological polar surface area (TPSA) is 95.5 Å². The number of halogens is 1. The molecular formula is C21H23FN2O4. The van der Waals surface area contributed by atoms with Gasteiger partial charge in [-0.05, 0) is 47.4 Å². The molecule has 148 valence electrons. The zero-order valence-corrected chi connectivity index (χ0v) is 16.0. The molecule has 0 fully saturated rings. The lowest BCUT2D eigenvalue weighted by atomic mass is 9.97. The molecule has 2 amide bonds. The minimum absolute atomic E-state index is 0.0369. The first kappa shape index (κ1) is 21.1. The fraction of sp³-hybridized carbons (Fsp3) is 0.286. The number of carbonyl (C=O) groups is 3. The van der Waals surface area contributed by atoms with Crippen LogP contribution in [0.1, 0.15) is 47.1 Å². The lowest BCUT2D eigenvalue weighted by Gasteiger charge is -2.18. The van der Waals surface area contributed by atoms with Crippen LogP contribution < -0.4 is 10.6 Å². The number of benzene rings is 2. The molecule has 0 heterocycles. The van der Waals surface area contributed by atoms with Crippen LogP contribution in [0.25, 0.3) is 0 Å². The summed E-state index contributed by atoms with van der Waals surface area (Å²) in [7, 11) is 0. The number of carbonyl (C=O) groups excluding carboxylic acids is 2. The van der Waals surface area contributed by atoms with E-state index in [2.05, 4.69) is 10.6 Å². The Morgan fingerprint density at radius 2 is 1.54 bits per heavy atom. The molecule has 0 radical (unpaired) electrons. The zero-order valence-electron chi connectivity index (χ0n) is 16.0. The van der Waals surface area contributed by atoms with Crippen molar-refractivity contribution in [2.45, 2.75) is 27.2 Å². The van der Waals surface area contributed by atoms with Crippen LogP contribution in [-0.2, 0) is 11.2 Å². The molecule has 0 spiro atoms. The molecule has 0 bridgehead atoms. The molecule has 0 atom stereocenters. The van der Waals surface area contributed by atoms with Crippen molar-refractivity contribution in [1.82, 2.24) is 5.32 Å². The Bertz CT molecular complexity index is 886. The van der Waals surface area contributed by atoms with Gasteiger partial charge < -0.3 is 15.7 Å². The van der Waals surface area contributed by atoms with Gasteiger partial charge in [-0.1, -0.05) is 26.8 Å². The summed E-state index contributed by atoms with van der Waals surface area (Å²) in [6.45, 7) is 6.56. The van der Waals surface area contributed by atoms with E-state index >= 15 is 0 Å². The lowest BCUT2D eigenvalue weighted by Crippen LogP contribution is -2.32. The van der Waals surface area contributed by atoms with Gasteiger partial charge in [0.05, 0.1) is 6.42 Å². The van der Waals surface area contributed by atoms with Crippen molar-refractivity contribution in [3.05, 3.63) is 65.0 Å². The van der Waals surface area contributed by atoms with Gasteiger partial charge in [0.15, 0.2) is 0 Å². The number of anilines is 1. The fourth-order valence-electron chi connectivity index (χ4n) is 2.36. The zero-order chi connectivity index (χ0) is 20.9. The number of amides is 2. The number of carboxylic acids is 1. The number of nitrogens with one attached hydrogen (secondary N) is 2. The summed E-state index contributed by atoms with van der Waals surface area (Å²) in [5, 5.41) is 14.1. The number of hydrogen-bond acceptors (Lipinski definition) is 3. The molecule has 3 N–H and O–H groups in total. The highest BCUT2D eigenvalue weighted by atomic mass is 19.1. The second-order valence-corrected chi connectivity index (χ2v) is 7.65. The Morgan fingerprint density at radius 3 is 2.04 bits per heavy atom. The van der Waals surface area contributed by atoms with Crippen molar-refractivity contribution in [1.29, 1.82) is 0 Å². The van der Waals surface area contributed by atoms with Crippen molar-refractivity contribution >= 4 is 23.5 Å². The van der Waals surface area contributed by atoms with E-state index in [9.17, 15) is 18.8 Å². The number of rotatable bonds is 6. The van der Waals surface area contributed by atoms with E-state index in [1.165, 1.54) is 24.3 Å². The summed E-state index contributed by atoms with van der Waals surface area (Å²) in [6.07, 6.45) is -0.432. The van der Waals surface area contributed by atoms with Crippen LogP contribution in [0.5, 0.6) is 0 Å². The number of hydrogen-bond donors (Lipinski definition) is 3. The Hall–Kier alpha value is -3.22. The highest BCUT2D eigenvalue weighted by Gasteiger charge is 2.14. The number of carboxylic acid groups (broad SMARTS) is 1. The Morgan fingerprint density at radius 1 is 0.964 bits per heavy atom. The molecule has 0 aliphatic carbocycles. The van der Waals surface area contributed by atoms with Crippen LogP contribution in [0.15, 0.2) is 42.5 Å². The average Bonchev–Trinajstić information content (AvgIpc) is 2.61. The predicted molar refractivity (Wildman–Crippen MR) is 104 cm³/mol.